The molecular formula is C10H15N3OS. The zero-order valence-electron chi connectivity index (χ0n) is 8.85. The predicted molar refractivity (Wildman–Crippen MR) is 61.4 cm³/mol. The molecule has 0 bridgehead atoms. The van der Waals surface area contributed by atoms with Crippen molar-refractivity contribution in [2.75, 3.05) is 24.6 Å². The summed E-state index contributed by atoms with van der Waals surface area (Å²) in [5.74, 6) is 0. The number of aryl methyl sites for hydroxylation is 1. The maximum absolute atomic E-state index is 5.61. The van der Waals surface area contributed by atoms with Crippen LogP contribution >= 0.6 is 11.3 Å². The molecule has 15 heavy (non-hydrogen) atoms. The molecule has 0 spiro atoms. The van der Waals surface area contributed by atoms with Gasteiger partial charge >= 0.3 is 0 Å². The quantitative estimate of drug-likeness (QED) is 0.730. The average Bonchev–Trinajstić information content (AvgIpc) is 2.83. The standard InChI is InChI=1S/C10H15N3OS/c1-3-6-14-9-4-5-13(7-9)10-12-11-8(2)15-10/h3,9H,1,4-7H2,2H3. The third-order valence-electron chi connectivity index (χ3n) is 2.38. The van der Waals surface area contributed by atoms with Crippen LogP contribution in [0.25, 0.3) is 0 Å². The highest BCUT2D eigenvalue weighted by molar-refractivity contribution is 7.15. The average molecular weight is 225 g/mol. The zero-order valence-corrected chi connectivity index (χ0v) is 9.66. The molecule has 1 atom stereocenters. The van der Waals surface area contributed by atoms with Crippen molar-refractivity contribution >= 4 is 16.5 Å². The van der Waals surface area contributed by atoms with Gasteiger partial charge in [0.05, 0.1) is 12.7 Å². The summed E-state index contributed by atoms with van der Waals surface area (Å²) in [5, 5.41) is 10.2. The number of nitrogens with zero attached hydrogens (tertiary/aromatic N) is 3. The van der Waals surface area contributed by atoms with Crippen LogP contribution in [0.2, 0.25) is 0 Å². The van der Waals surface area contributed by atoms with Gasteiger partial charge in [-0.05, 0) is 13.3 Å². The van der Waals surface area contributed by atoms with E-state index in [0.717, 1.165) is 29.6 Å². The van der Waals surface area contributed by atoms with Crippen LogP contribution in [-0.2, 0) is 4.74 Å². The number of ether oxygens (including phenoxy) is 1. The Hall–Kier alpha value is -0.940. The van der Waals surface area contributed by atoms with Crippen molar-refractivity contribution in [1.29, 1.82) is 0 Å². The van der Waals surface area contributed by atoms with E-state index in [2.05, 4.69) is 21.7 Å². The lowest BCUT2D eigenvalue weighted by atomic mass is 10.3. The molecule has 1 aromatic heterocycles. The van der Waals surface area contributed by atoms with Crippen LogP contribution in [0.15, 0.2) is 12.7 Å². The summed E-state index contributed by atoms with van der Waals surface area (Å²) in [7, 11) is 0. The van der Waals surface area contributed by atoms with Crippen molar-refractivity contribution in [3.63, 3.8) is 0 Å². The van der Waals surface area contributed by atoms with Gasteiger partial charge in [-0.1, -0.05) is 17.4 Å². The third-order valence-corrected chi connectivity index (χ3v) is 3.28. The number of hydrogen-bond acceptors (Lipinski definition) is 5. The monoisotopic (exact) mass is 225 g/mol. The highest BCUT2D eigenvalue weighted by Crippen LogP contribution is 2.24. The fourth-order valence-electron chi connectivity index (χ4n) is 1.66. The molecule has 1 aromatic rings. The van der Waals surface area contributed by atoms with E-state index < -0.39 is 0 Å². The van der Waals surface area contributed by atoms with Crippen molar-refractivity contribution in [3.05, 3.63) is 17.7 Å². The molecule has 0 aliphatic carbocycles. The maximum atomic E-state index is 5.61. The second-order valence-electron chi connectivity index (χ2n) is 3.58. The van der Waals surface area contributed by atoms with Crippen molar-refractivity contribution in [2.24, 2.45) is 0 Å². The Kier molecular flexibility index (Phi) is 3.33. The van der Waals surface area contributed by atoms with Gasteiger partial charge in [0, 0.05) is 13.1 Å². The summed E-state index contributed by atoms with van der Waals surface area (Å²) in [4.78, 5) is 2.23. The van der Waals surface area contributed by atoms with Gasteiger partial charge in [-0.2, -0.15) is 0 Å². The molecular weight excluding hydrogens is 210 g/mol. The first-order chi connectivity index (χ1) is 7.29. The Labute approximate surface area is 93.6 Å². The first-order valence-electron chi connectivity index (χ1n) is 5.07. The first kappa shape index (κ1) is 10.6. The summed E-state index contributed by atoms with van der Waals surface area (Å²) in [6.45, 7) is 8.18. The topological polar surface area (TPSA) is 38.2 Å². The number of hydrogen-bond donors (Lipinski definition) is 0. The molecule has 5 heteroatoms. The Balaban J connectivity index is 1.89. The van der Waals surface area contributed by atoms with E-state index in [1.165, 1.54) is 0 Å². The van der Waals surface area contributed by atoms with E-state index in [-0.39, 0.29) is 0 Å². The third kappa shape index (κ3) is 2.54. The molecule has 1 fully saturated rings. The lowest BCUT2D eigenvalue weighted by Crippen LogP contribution is -2.22. The molecule has 4 nitrogen and oxygen atoms in total. The predicted octanol–water partition coefficient (Wildman–Crippen LogP) is 1.63. The molecule has 82 valence electrons. The Morgan fingerprint density at radius 1 is 1.67 bits per heavy atom. The Morgan fingerprint density at radius 2 is 2.53 bits per heavy atom. The van der Waals surface area contributed by atoms with E-state index in [1.54, 1.807) is 17.4 Å². The number of anilines is 1. The van der Waals surface area contributed by atoms with Crippen LogP contribution in [0.3, 0.4) is 0 Å². The molecule has 0 N–H and O–H groups in total. The van der Waals surface area contributed by atoms with Gasteiger partial charge in [0.15, 0.2) is 0 Å². The summed E-state index contributed by atoms with van der Waals surface area (Å²) in [6, 6.07) is 0. The van der Waals surface area contributed by atoms with Gasteiger partial charge in [-0.15, -0.1) is 16.8 Å². The summed E-state index contributed by atoms with van der Waals surface area (Å²) in [5.41, 5.74) is 0. The molecule has 1 unspecified atom stereocenters. The number of aromatic nitrogens is 2. The molecule has 2 heterocycles. The van der Waals surface area contributed by atoms with Crippen LogP contribution in [0.1, 0.15) is 11.4 Å². The molecule has 1 aliphatic rings. The van der Waals surface area contributed by atoms with Crippen LogP contribution < -0.4 is 4.90 Å². The van der Waals surface area contributed by atoms with E-state index in [9.17, 15) is 0 Å². The molecule has 1 aliphatic heterocycles. The maximum Gasteiger partial charge on any atom is 0.208 e. The largest absolute Gasteiger partial charge is 0.372 e. The second kappa shape index (κ2) is 4.72. The van der Waals surface area contributed by atoms with E-state index >= 15 is 0 Å². The van der Waals surface area contributed by atoms with E-state index in [4.69, 9.17) is 4.74 Å². The number of rotatable bonds is 4. The fraction of sp³-hybridized carbons (Fsp3) is 0.600. The minimum Gasteiger partial charge on any atom is -0.372 e. The zero-order chi connectivity index (χ0) is 10.7. The van der Waals surface area contributed by atoms with Crippen molar-refractivity contribution in [2.45, 2.75) is 19.4 Å². The lowest BCUT2D eigenvalue weighted by Gasteiger charge is -2.13. The summed E-state index contributed by atoms with van der Waals surface area (Å²) >= 11 is 1.64. The summed E-state index contributed by atoms with van der Waals surface area (Å²) in [6.07, 6.45) is 3.16. The summed E-state index contributed by atoms with van der Waals surface area (Å²) < 4.78 is 5.61. The molecule has 1 saturated heterocycles. The molecule has 0 aromatic carbocycles. The van der Waals surface area contributed by atoms with Gasteiger partial charge in [0.2, 0.25) is 5.13 Å². The van der Waals surface area contributed by atoms with Crippen LogP contribution in [0.5, 0.6) is 0 Å². The first-order valence-corrected chi connectivity index (χ1v) is 5.89. The smallest absolute Gasteiger partial charge is 0.208 e. The van der Waals surface area contributed by atoms with Crippen molar-refractivity contribution in [1.82, 2.24) is 10.2 Å². The highest BCUT2D eigenvalue weighted by Gasteiger charge is 2.24. The van der Waals surface area contributed by atoms with Gasteiger partial charge in [0.1, 0.15) is 5.01 Å². The highest BCUT2D eigenvalue weighted by atomic mass is 32.1. The fourth-order valence-corrected chi connectivity index (χ4v) is 2.38. The Bertz CT molecular complexity index is 339. The minimum atomic E-state index is 0.312. The molecule has 0 amide bonds. The van der Waals surface area contributed by atoms with Crippen LogP contribution in [-0.4, -0.2) is 36.0 Å². The second-order valence-corrected chi connectivity index (χ2v) is 4.74. The van der Waals surface area contributed by atoms with Gasteiger partial charge in [0.25, 0.3) is 0 Å². The van der Waals surface area contributed by atoms with Crippen LogP contribution in [0.4, 0.5) is 5.13 Å². The van der Waals surface area contributed by atoms with Gasteiger partial charge in [-0.25, -0.2) is 0 Å². The van der Waals surface area contributed by atoms with Crippen molar-refractivity contribution in [3.8, 4) is 0 Å². The minimum absolute atomic E-state index is 0.312. The molecule has 0 radical (unpaired) electrons. The molecule has 2 rings (SSSR count). The van der Waals surface area contributed by atoms with Crippen molar-refractivity contribution < 1.29 is 4.74 Å². The normalized spacial score (nSPS) is 20.9. The SMILES string of the molecule is C=CCOC1CCN(c2nnc(C)s2)C1. The van der Waals surface area contributed by atoms with Gasteiger partial charge in [-0.3, -0.25) is 0 Å². The Morgan fingerprint density at radius 3 is 3.20 bits per heavy atom. The van der Waals surface area contributed by atoms with E-state index in [1.807, 2.05) is 6.92 Å². The van der Waals surface area contributed by atoms with Crippen LogP contribution in [0, 0.1) is 6.92 Å². The van der Waals surface area contributed by atoms with E-state index in [0.29, 0.717) is 12.7 Å². The lowest BCUT2D eigenvalue weighted by molar-refractivity contribution is 0.0909. The molecule has 0 saturated carbocycles. The van der Waals surface area contributed by atoms with Gasteiger partial charge < -0.3 is 9.64 Å².